The summed E-state index contributed by atoms with van der Waals surface area (Å²) >= 11 is 0. The number of para-hydroxylation sites is 1. The predicted molar refractivity (Wildman–Crippen MR) is 93.3 cm³/mol. The van der Waals surface area contributed by atoms with Crippen molar-refractivity contribution < 1.29 is 9.21 Å². The van der Waals surface area contributed by atoms with E-state index in [4.69, 9.17) is 4.42 Å². The number of rotatable bonds is 4. The molecule has 0 fully saturated rings. The van der Waals surface area contributed by atoms with Crippen molar-refractivity contribution in [1.29, 1.82) is 0 Å². The number of nitrogens with one attached hydrogen (secondary N) is 2. The van der Waals surface area contributed by atoms with Crippen LogP contribution in [0.25, 0.3) is 16.7 Å². The number of hydrazine groups is 1. The fourth-order valence-corrected chi connectivity index (χ4v) is 2.25. The molecule has 0 aliphatic heterocycles. The Kier molecular flexibility index (Phi) is 4.16. The third kappa shape index (κ3) is 3.20. The largest absolute Gasteiger partial charge is 0.422 e. The first kappa shape index (κ1) is 15.6. The van der Waals surface area contributed by atoms with E-state index in [2.05, 4.69) is 17.4 Å². The second-order valence-corrected chi connectivity index (χ2v) is 5.41. The molecule has 2 N–H and O–H groups in total. The highest BCUT2D eigenvalue weighted by atomic mass is 16.4. The minimum atomic E-state index is -0.686. The zero-order valence-electron chi connectivity index (χ0n) is 13.1. The van der Waals surface area contributed by atoms with Crippen molar-refractivity contribution in [3.63, 3.8) is 0 Å². The Labute approximate surface area is 138 Å². The number of carbonyl (C=O) groups excluding carboxylic acids is 1. The van der Waals surface area contributed by atoms with Crippen LogP contribution in [0.4, 0.5) is 0 Å². The van der Waals surface area contributed by atoms with Gasteiger partial charge in [-0.3, -0.25) is 15.6 Å². The standard InChI is InChI=1S/C19H16N2O3/c1-12-7-9-14(10-8-12)13(2)20-21-18(22)16-11-15-5-3-4-6-17(15)24-19(16)23/h3-11,20H,2H2,1H3,(H,21,22). The minimum Gasteiger partial charge on any atom is -0.422 e. The smallest absolute Gasteiger partial charge is 0.349 e. The van der Waals surface area contributed by atoms with Gasteiger partial charge in [-0.1, -0.05) is 54.6 Å². The maximum absolute atomic E-state index is 12.2. The number of carbonyl (C=O) groups is 1. The van der Waals surface area contributed by atoms with Crippen molar-refractivity contribution in [3.05, 3.63) is 88.3 Å². The van der Waals surface area contributed by atoms with E-state index < -0.39 is 11.5 Å². The van der Waals surface area contributed by atoms with Crippen molar-refractivity contribution in [1.82, 2.24) is 10.9 Å². The molecule has 3 aromatic rings. The minimum absolute atomic E-state index is 0.0714. The molecular formula is C19H16N2O3. The Morgan fingerprint density at radius 3 is 2.50 bits per heavy atom. The summed E-state index contributed by atoms with van der Waals surface area (Å²) < 4.78 is 5.15. The van der Waals surface area contributed by atoms with Crippen LogP contribution in [0.1, 0.15) is 21.5 Å². The Bertz CT molecular complexity index is 972. The van der Waals surface area contributed by atoms with Crippen LogP contribution in [0.3, 0.4) is 0 Å². The normalized spacial score (nSPS) is 10.4. The van der Waals surface area contributed by atoms with Gasteiger partial charge in [-0.25, -0.2) is 4.79 Å². The quantitative estimate of drug-likeness (QED) is 0.572. The first-order valence-corrected chi connectivity index (χ1v) is 7.40. The monoisotopic (exact) mass is 320 g/mol. The molecule has 0 aliphatic carbocycles. The molecule has 5 heteroatoms. The summed E-state index contributed by atoms with van der Waals surface area (Å²) in [5.41, 5.74) is 7.36. The summed E-state index contributed by atoms with van der Waals surface area (Å²) in [5, 5.41) is 0.680. The molecule has 0 bridgehead atoms. The highest BCUT2D eigenvalue weighted by molar-refractivity contribution is 5.96. The number of benzene rings is 2. The SMILES string of the molecule is C=C(NNC(=O)c1cc2ccccc2oc1=O)c1ccc(C)cc1. The molecule has 120 valence electrons. The van der Waals surface area contributed by atoms with Gasteiger partial charge < -0.3 is 4.42 Å². The molecule has 1 aromatic heterocycles. The maximum Gasteiger partial charge on any atom is 0.349 e. The van der Waals surface area contributed by atoms with Crippen molar-refractivity contribution >= 4 is 22.6 Å². The summed E-state index contributed by atoms with van der Waals surface area (Å²) in [6.45, 7) is 5.85. The lowest BCUT2D eigenvalue weighted by Gasteiger charge is -2.11. The van der Waals surface area contributed by atoms with E-state index >= 15 is 0 Å². The van der Waals surface area contributed by atoms with Crippen molar-refractivity contribution in [2.45, 2.75) is 6.92 Å². The van der Waals surface area contributed by atoms with E-state index in [-0.39, 0.29) is 5.56 Å². The summed E-state index contributed by atoms with van der Waals surface area (Å²) in [6, 6.07) is 16.2. The molecule has 0 atom stereocenters. The van der Waals surface area contributed by atoms with Gasteiger partial charge in [0.25, 0.3) is 5.91 Å². The van der Waals surface area contributed by atoms with Crippen LogP contribution in [0.15, 0.2) is 70.4 Å². The summed E-state index contributed by atoms with van der Waals surface area (Å²) in [5.74, 6) is -0.581. The molecule has 5 nitrogen and oxygen atoms in total. The second-order valence-electron chi connectivity index (χ2n) is 5.41. The van der Waals surface area contributed by atoms with E-state index in [1.165, 1.54) is 6.07 Å². The molecule has 24 heavy (non-hydrogen) atoms. The molecule has 0 spiro atoms. The third-order valence-corrected chi connectivity index (χ3v) is 3.61. The highest BCUT2D eigenvalue weighted by Gasteiger charge is 2.13. The van der Waals surface area contributed by atoms with Crippen LogP contribution in [0.5, 0.6) is 0 Å². The van der Waals surface area contributed by atoms with E-state index in [1.54, 1.807) is 18.2 Å². The Balaban J connectivity index is 1.75. The van der Waals surface area contributed by atoms with Gasteiger partial charge in [0.1, 0.15) is 11.1 Å². The maximum atomic E-state index is 12.2. The van der Waals surface area contributed by atoms with E-state index in [0.717, 1.165) is 11.1 Å². The Hall–Kier alpha value is -3.34. The van der Waals surface area contributed by atoms with Gasteiger partial charge in [-0.15, -0.1) is 0 Å². The zero-order chi connectivity index (χ0) is 17.1. The number of hydrogen-bond donors (Lipinski definition) is 2. The van der Waals surface area contributed by atoms with Crippen LogP contribution in [-0.2, 0) is 0 Å². The summed E-state index contributed by atoms with van der Waals surface area (Å²) in [6.07, 6.45) is 0. The lowest BCUT2D eigenvalue weighted by Crippen LogP contribution is -2.38. The van der Waals surface area contributed by atoms with Crippen LogP contribution in [0.2, 0.25) is 0 Å². The van der Waals surface area contributed by atoms with Crippen LogP contribution in [0, 0.1) is 6.92 Å². The first-order valence-electron chi connectivity index (χ1n) is 7.40. The van der Waals surface area contributed by atoms with Gasteiger partial charge >= 0.3 is 5.63 Å². The number of fused-ring (bicyclic) bond motifs is 1. The van der Waals surface area contributed by atoms with Gasteiger partial charge in [0.2, 0.25) is 0 Å². The second kappa shape index (κ2) is 6.42. The summed E-state index contributed by atoms with van der Waals surface area (Å²) in [4.78, 5) is 24.2. The van der Waals surface area contributed by atoms with E-state index in [0.29, 0.717) is 16.7 Å². The fourth-order valence-electron chi connectivity index (χ4n) is 2.25. The van der Waals surface area contributed by atoms with Crippen LogP contribution >= 0.6 is 0 Å². The number of aryl methyl sites for hydroxylation is 1. The van der Waals surface area contributed by atoms with Gasteiger partial charge in [0, 0.05) is 5.39 Å². The fraction of sp³-hybridized carbons (Fsp3) is 0.0526. The number of amides is 1. The molecule has 0 radical (unpaired) electrons. The van der Waals surface area contributed by atoms with Gasteiger partial charge in [0.15, 0.2) is 0 Å². The molecule has 0 saturated carbocycles. The molecule has 1 heterocycles. The molecule has 1 amide bonds. The first-order chi connectivity index (χ1) is 11.5. The topological polar surface area (TPSA) is 71.3 Å². The molecule has 3 rings (SSSR count). The molecule has 0 unspecified atom stereocenters. The Morgan fingerprint density at radius 1 is 1.04 bits per heavy atom. The van der Waals surface area contributed by atoms with Crippen LogP contribution < -0.4 is 16.5 Å². The summed E-state index contributed by atoms with van der Waals surface area (Å²) in [7, 11) is 0. The third-order valence-electron chi connectivity index (χ3n) is 3.61. The van der Waals surface area contributed by atoms with Crippen molar-refractivity contribution in [2.24, 2.45) is 0 Å². The van der Waals surface area contributed by atoms with Crippen LogP contribution in [-0.4, -0.2) is 5.91 Å². The Morgan fingerprint density at radius 2 is 1.75 bits per heavy atom. The average Bonchev–Trinajstić information content (AvgIpc) is 2.59. The molecule has 2 aromatic carbocycles. The predicted octanol–water partition coefficient (Wildman–Crippen LogP) is 3.01. The van der Waals surface area contributed by atoms with E-state index in [1.807, 2.05) is 37.3 Å². The molecule has 0 aliphatic rings. The van der Waals surface area contributed by atoms with Gasteiger partial charge in [-0.05, 0) is 24.6 Å². The van der Waals surface area contributed by atoms with E-state index in [9.17, 15) is 9.59 Å². The molecular weight excluding hydrogens is 304 g/mol. The zero-order valence-corrected chi connectivity index (χ0v) is 13.1. The van der Waals surface area contributed by atoms with Gasteiger partial charge in [0.05, 0.1) is 5.70 Å². The lowest BCUT2D eigenvalue weighted by molar-refractivity contribution is 0.0939. The number of hydrogen-bond acceptors (Lipinski definition) is 4. The van der Waals surface area contributed by atoms with Crippen molar-refractivity contribution in [2.75, 3.05) is 0 Å². The van der Waals surface area contributed by atoms with Gasteiger partial charge in [-0.2, -0.15) is 0 Å². The average molecular weight is 320 g/mol. The highest BCUT2D eigenvalue weighted by Crippen LogP contribution is 2.13. The van der Waals surface area contributed by atoms with Crippen molar-refractivity contribution in [3.8, 4) is 0 Å². The lowest BCUT2D eigenvalue weighted by atomic mass is 10.1. The molecule has 0 saturated heterocycles.